The van der Waals surface area contributed by atoms with Crippen molar-refractivity contribution in [3.63, 3.8) is 0 Å². The highest BCUT2D eigenvalue weighted by atomic mass is 32.1. The molecular weight excluding hydrogens is 424 g/mol. The van der Waals surface area contributed by atoms with Crippen LogP contribution in [-0.4, -0.2) is 58.9 Å². The molecule has 166 valence electrons. The maximum Gasteiger partial charge on any atom is 0.288 e. The van der Waals surface area contributed by atoms with E-state index in [1.54, 1.807) is 4.68 Å². The minimum absolute atomic E-state index is 0.349. The minimum Gasteiger partial charge on any atom is -0.485 e. The molecule has 0 spiro atoms. The van der Waals surface area contributed by atoms with Crippen molar-refractivity contribution in [2.24, 2.45) is 0 Å². The zero-order valence-electron chi connectivity index (χ0n) is 17.8. The van der Waals surface area contributed by atoms with Crippen LogP contribution in [0, 0.1) is 4.84 Å². The highest BCUT2D eigenvalue weighted by Crippen LogP contribution is 2.35. The number of para-hydroxylation sites is 2. The van der Waals surface area contributed by atoms with Gasteiger partial charge in [-0.05, 0) is 29.9 Å². The molecule has 2 aliphatic heterocycles. The first kappa shape index (κ1) is 20.9. The van der Waals surface area contributed by atoms with Crippen LogP contribution in [0.1, 0.15) is 17.6 Å². The molecule has 0 amide bonds. The Morgan fingerprint density at radius 1 is 0.938 bits per heavy atom. The van der Waals surface area contributed by atoms with Crippen LogP contribution >= 0.6 is 12.2 Å². The second-order valence-corrected chi connectivity index (χ2v) is 8.29. The second kappa shape index (κ2) is 9.68. The van der Waals surface area contributed by atoms with E-state index in [1.807, 2.05) is 30.3 Å². The molecule has 2 aliphatic rings. The van der Waals surface area contributed by atoms with Crippen molar-refractivity contribution in [3.8, 4) is 11.5 Å². The van der Waals surface area contributed by atoms with Gasteiger partial charge in [0.05, 0.1) is 6.67 Å². The predicted octanol–water partition coefficient (Wildman–Crippen LogP) is 4.01. The molecule has 1 unspecified atom stereocenters. The number of benzene rings is 2. The lowest BCUT2D eigenvalue weighted by atomic mass is 10.2. The van der Waals surface area contributed by atoms with Gasteiger partial charge in [-0.15, -0.1) is 5.10 Å². The van der Waals surface area contributed by atoms with E-state index in [0.29, 0.717) is 29.8 Å². The van der Waals surface area contributed by atoms with E-state index >= 15 is 0 Å². The molecule has 3 heterocycles. The third-order valence-electron chi connectivity index (χ3n) is 5.68. The van der Waals surface area contributed by atoms with Crippen LogP contribution in [-0.2, 0) is 6.67 Å². The summed E-state index contributed by atoms with van der Waals surface area (Å²) in [6.45, 7) is 5.85. The van der Waals surface area contributed by atoms with Crippen LogP contribution in [0.4, 0.5) is 0 Å². The molecular formula is C24H26N4O3S. The Bertz CT molecular complexity index is 1120. The molecule has 32 heavy (non-hydrogen) atoms. The molecule has 3 aromatic rings. The summed E-state index contributed by atoms with van der Waals surface area (Å²) in [6.07, 6.45) is 4.01. The van der Waals surface area contributed by atoms with Crippen molar-refractivity contribution >= 4 is 18.3 Å². The van der Waals surface area contributed by atoms with Gasteiger partial charge in [-0.1, -0.05) is 54.6 Å². The Hall–Kier alpha value is -2.94. The van der Waals surface area contributed by atoms with Gasteiger partial charge in [-0.2, -0.15) is 0 Å². The maximum absolute atomic E-state index is 5.99. The monoisotopic (exact) mass is 450 g/mol. The molecule has 0 bridgehead atoms. The van der Waals surface area contributed by atoms with Gasteiger partial charge in [0.2, 0.25) is 6.10 Å². The van der Waals surface area contributed by atoms with Crippen molar-refractivity contribution < 1.29 is 13.9 Å². The SMILES string of the molecule is S=c1oc(C2COc3ccccc3O2)nn1CN1CCN(C/C=C/c2ccccc2)CC1. The van der Waals surface area contributed by atoms with E-state index in [4.69, 9.17) is 26.1 Å². The number of piperazine rings is 1. The van der Waals surface area contributed by atoms with Crippen molar-refractivity contribution in [2.45, 2.75) is 12.8 Å². The topological polar surface area (TPSA) is 55.9 Å². The normalized spacial score (nSPS) is 19.4. The lowest BCUT2D eigenvalue weighted by Crippen LogP contribution is -2.46. The van der Waals surface area contributed by atoms with E-state index in [9.17, 15) is 0 Å². The van der Waals surface area contributed by atoms with Crippen LogP contribution in [0.5, 0.6) is 11.5 Å². The van der Waals surface area contributed by atoms with E-state index in [2.05, 4.69) is 51.3 Å². The standard InChI is InChI=1S/C24H26N4O3S/c32-24-28(25-23(31-24)22-17-29-20-10-4-5-11-21(20)30-22)18-27-15-13-26(14-16-27)12-6-9-19-7-2-1-3-8-19/h1-11,22H,12-18H2/b9-6+. The zero-order valence-corrected chi connectivity index (χ0v) is 18.6. The Kier molecular flexibility index (Phi) is 6.34. The van der Waals surface area contributed by atoms with Gasteiger partial charge in [0.15, 0.2) is 11.5 Å². The van der Waals surface area contributed by atoms with Crippen LogP contribution < -0.4 is 9.47 Å². The first-order valence-electron chi connectivity index (χ1n) is 10.9. The number of rotatable bonds is 6. The fourth-order valence-corrected chi connectivity index (χ4v) is 4.07. The van der Waals surface area contributed by atoms with Gasteiger partial charge in [0.25, 0.3) is 10.7 Å². The number of fused-ring (bicyclic) bond motifs is 1. The van der Waals surface area contributed by atoms with E-state index in [-0.39, 0.29) is 0 Å². The summed E-state index contributed by atoms with van der Waals surface area (Å²) < 4.78 is 19.2. The molecule has 1 atom stereocenters. The third kappa shape index (κ3) is 4.93. The summed E-state index contributed by atoms with van der Waals surface area (Å²) in [5, 5.41) is 4.58. The van der Waals surface area contributed by atoms with Crippen LogP contribution in [0.2, 0.25) is 0 Å². The molecule has 2 aromatic carbocycles. The molecule has 8 heteroatoms. The van der Waals surface area contributed by atoms with Crippen molar-refractivity contribution in [1.82, 2.24) is 19.6 Å². The van der Waals surface area contributed by atoms with Gasteiger partial charge in [-0.25, -0.2) is 4.68 Å². The van der Waals surface area contributed by atoms with E-state index < -0.39 is 6.10 Å². The minimum atomic E-state index is -0.402. The summed E-state index contributed by atoms with van der Waals surface area (Å²) >= 11 is 5.41. The van der Waals surface area contributed by atoms with Crippen molar-refractivity contribution in [1.29, 1.82) is 0 Å². The van der Waals surface area contributed by atoms with Crippen LogP contribution in [0.15, 0.2) is 65.1 Å². The Morgan fingerprint density at radius 3 is 2.47 bits per heavy atom. The number of nitrogens with zero attached hydrogens (tertiary/aromatic N) is 4. The molecule has 5 rings (SSSR count). The summed E-state index contributed by atoms with van der Waals surface area (Å²) in [5.41, 5.74) is 1.23. The highest BCUT2D eigenvalue weighted by Gasteiger charge is 2.27. The number of hydrogen-bond donors (Lipinski definition) is 0. The molecule has 1 aromatic heterocycles. The Labute approximate surface area is 192 Å². The fraction of sp³-hybridized carbons (Fsp3) is 0.333. The first-order chi connectivity index (χ1) is 15.7. The van der Waals surface area contributed by atoms with Crippen molar-refractivity contribution in [2.75, 3.05) is 39.3 Å². The largest absolute Gasteiger partial charge is 0.485 e. The molecule has 0 N–H and O–H groups in total. The molecule has 0 radical (unpaired) electrons. The summed E-state index contributed by atoms with van der Waals surface area (Å²) in [7, 11) is 0. The lowest BCUT2D eigenvalue weighted by Gasteiger charge is -2.33. The molecule has 7 nitrogen and oxygen atoms in total. The van der Waals surface area contributed by atoms with Gasteiger partial charge < -0.3 is 13.9 Å². The summed E-state index contributed by atoms with van der Waals surface area (Å²) in [6, 6.07) is 18.0. The van der Waals surface area contributed by atoms with E-state index in [0.717, 1.165) is 38.5 Å². The molecule has 1 fully saturated rings. The summed E-state index contributed by atoms with van der Waals surface area (Å²) in [5.74, 6) is 1.88. The number of ether oxygens (including phenoxy) is 2. The lowest BCUT2D eigenvalue weighted by molar-refractivity contribution is 0.0704. The second-order valence-electron chi connectivity index (χ2n) is 7.94. The number of aromatic nitrogens is 2. The Balaban J connectivity index is 1.13. The maximum atomic E-state index is 5.99. The van der Waals surface area contributed by atoms with Crippen molar-refractivity contribution in [3.05, 3.63) is 77.0 Å². The van der Waals surface area contributed by atoms with Gasteiger partial charge in [0.1, 0.15) is 6.61 Å². The smallest absolute Gasteiger partial charge is 0.288 e. The van der Waals surface area contributed by atoms with E-state index in [1.165, 1.54) is 5.56 Å². The molecule has 0 saturated carbocycles. The summed E-state index contributed by atoms with van der Waals surface area (Å²) in [4.78, 5) is 5.15. The first-order valence-corrected chi connectivity index (χ1v) is 11.3. The average Bonchev–Trinajstić information content (AvgIpc) is 3.20. The third-order valence-corrected chi connectivity index (χ3v) is 5.97. The van der Waals surface area contributed by atoms with Gasteiger partial charge in [-0.3, -0.25) is 9.80 Å². The molecule has 0 aliphatic carbocycles. The number of hydrogen-bond acceptors (Lipinski definition) is 7. The van der Waals surface area contributed by atoms with Gasteiger partial charge in [0, 0.05) is 32.7 Å². The van der Waals surface area contributed by atoms with Gasteiger partial charge >= 0.3 is 0 Å². The fourth-order valence-electron chi connectivity index (χ4n) is 3.89. The average molecular weight is 451 g/mol. The molecule has 1 saturated heterocycles. The zero-order chi connectivity index (χ0) is 21.8. The van der Waals surface area contributed by atoms with Crippen LogP contribution in [0.3, 0.4) is 0 Å². The Morgan fingerprint density at radius 2 is 1.66 bits per heavy atom. The predicted molar refractivity (Wildman–Crippen MR) is 124 cm³/mol. The highest BCUT2D eigenvalue weighted by molar-refractivity contribution is 7.71. The quantitative estimate of drug-likeness (QED) is 0.526. The van der Waals surface area contributed by atoms with Crippen LogP contribution in [0.25, 0.3) is 6.08 Å².